The minimum atomic E-state index is -0.0651. The van der Waals surface area contributed by atoms with Gasteiger partial charge < -0.3 is 14.6 Å². The van der Waals surface area contributed by atoms with E-state index in [0.717, 1.165) is 43.2 Å². The van der Waals surface area contributed by atoms with Gasteiger partial charge in [0.25, 0.3) is 5.91 Å². The fraction of sp³-hybridized carbons (Fsp3) is 0.391. The van der Waals surface area contributed by atoms with Crippen LogP contribution in [-0.2, 0) is 6.54 Å². The van der Waals surface area contributed by atoms with E-state index in [0.29, 0.717) is 12.1 Å². The largest absolute Gasteiger partial charge is 0.355 e. The third-order valence-electron chi connectivity index (χ3n) is 5.98. The predicted octanol–water partition coefficient (Wildman–Crippen LogP) is 2.80. The van der Waals surface area contributed by atoms with E-state index in [1.807, 2.05) is 30.5 Å². The lowest BCUT2D eigenvalue weighted by molar-refractivity contribution is 0.0950. The summed E-state index contributed by atoms with van der Waals surface area (Å²) in [5.41, 5.74) is 2.78. The molecule has 1 saturated heterocycles. The molecule has 1 amide bonds. The summed E-state index contributed by atoms with van der Waals surface area (Å²) in [5, 5.41) is 2.99. The number of hydrogen-bond acceptors (Lipinski definition) is 4. The number of hydrogen-bond donors (Lipinski definition) is 1. The fourth-order valence-corrected chi connectivity index (χ4v) is 4.09. The molecule has 1 saturated carbocycles. The van der Waals surface area contributed by atoms with Gasteiger partial charge in [-0.2, -0.15) is 0 Å². The van der Waals surface area contributed by atoms with E-state index in [1.165, 1.54) is 25.2 Å². The topological polar surface area (TPSA) is 52.9 Å². The van der Waals surface area contributed by atoms with Crippen LogP contribution in [0.25, 0.3) is 5.52 Å². The number of pyridine rings is 2. The number of carbonyl (C=O) groups excluding carboxylic acids is 1. The zero-order chi connectivity index (χ0) is 19.6. The number of piperazine rings is 1. The second-order valence-electron chi connectivity index (χ2n) is 8.18. The van der Waals surface area contributed by atoms with Gasteiger partial charge in [-0.15, -0.1) is 0 Å². The SMILES string of the molecule is O=C(NCc1cccnc1)c1ccc2ccc(N3CCN(CC4CC4)CC3)n2c1. The highest BCUT2D eigenvalue weighted by Crippen LogP contribution is 2.30. The quantitative estimate of drug-likeness (QED) is 0.704. The molecule has 0 spiro atoms. The van der Waals surface area contributed by atoms with Gasteiger partial charge in [-0.3, -0.25) is 14.7 Å². The van der Waals surface area contributed by atoms with Gasteiger partial charge in [0.1, 0.15) is 5.82 Å². The van der Waals surface area contributed by atoms with Crippen LogP contribution in [0.15, 0.2) is 55.0 Å². The molecule has 1 N–H and O–H groups in total. The summed E-state index contributed by atoms with van der Waals surface area (Å²) in [5.74, 6) is 2.06. The summed E-state index contributed by atoms with van der Waals surface area (Å²) in [7, 11) is 0. The van der Waals surface area contributed by atoms with Crippen molar-refractivity contribution >= 4 is 17.2 Å². The van der Waals surface area contributed by atoms with Crippen molar-refractivity contribution < 1.29 is 4.79 Å². The molecule has 29 heavy (non-hydrogen) atoms. The molecule has 4 heterocycles. The molecule has 0 bridgehead atoms. The predicted molar refractivity (Wildman–Crippen MR) is 114 cm³/mol. The van der Waals surface area contributed by atoms with Crippen molar-refractivity contribution in [3.05, 3.63) is 66.1 Å². The molecule has 3 aromatic rings. The number of nitrogens with one attached hydrogen (secondary N) is 1. The Morgan fingerprint density at radius 2 is 1.90 bits per heavy atom. The third-order valence-corrected chi connectivity index (χ3v) is 5.98. The Bertz CT molecular complexity index is 987. The Hall–Kier alpha value is -2.86. The normalized spacial score (nSPS) is 17.6. The van der Waals surface area contributed by atoms with Crippen molar-refractivity contribution in [3.63, 3.8) is 0 Å². The Morgan fingerprint density at radius 1 is 1.07 bits per heavy atom. The van der Waals surface area contributed by atoms with Crippen LogP contribution in [0, 0.1) is 5.92 Å². The summed E-state index contributed by atoms with van der Waals surface area (Å²) in [4.78, 5) is 21.8. The molecular weight excluding hydrogens is 362 g/mol. The minimum Gasteiger partial charge on any atom is -0.355 e. The van der Waals surface area contributed by atoms with Crippen LogP contribution in [0.2, 0.25) is 0 Å². The monoisotopic (exact) mass is 389 g/mol. The smallest absolute Gasteiger partial charge is 0.253 e. The van der Waals surface area contributed by atoms with Gasteiger partial charge >= 0.3 is 0 Å². The molecule has 1 aliphatic carbocycles. The number of anilines is 1. The second kappa shape index (κ2) is 7.87. The van der Waals surface area contributed by atoms with Gasteiger partial charge in [-0.1, -0.05) is 6.07 Å². The summed E-state index contributed by atoms with van der Waals surface area (Å²) >= 11 is 0. The van der Waals surface area contributed by atoms with Crippen LogP contribution in [0.4, 0.5) is 5.82 Å². The van der Waals surface area contributed by atoms with Gasteiger partial charge in [0, 0.05) is 63.4 Å². The van der Waals surface area contributed by atoms with E-state index in [-0.39, 0.29) is 5.91 Å². The van der Waals surface area contributed by atoms with Crippen molar-refractivity contribution in [2.45, 2.75) is 19.4 Å². The molecule has 6 nitrogen and oxygen atoms in total. The van der Waals surface area contributed by atoms with Crippen LogP contribution < -0.4 is 10.2 Å². The van der Waals surface area contributed by atoms with E-state index >= 15 is 0 Å². The molecule has 0 aromatic carbocycles. The first-order chi connectivity index (χ1) is 14.3. The van der Waals surface area contributed by atoms with Gasteiger partial charge in [0.2, 0.25) is 0 Å². The highest BCUT2D eigenvalue weighted by molar-refractivity contribution is 5.94. The third kappa shape index (κ3) is 4.12. The van der Waals surface area contributed by atoms with Crippen LogP contribution in [0.1, 0.15) is 28.8 Å². The van der Waals surface area contributed by atoms with Crippen LogP contribution in [0.3, 0.4) is 0 Å². The Balaban J connectivity index is 1.28. The van der Waals surface area contributed by atoms with Gasteiger partial charge in [0.15, 0.2) is 0 Å². The van der Waals surface area contributed by atoms with Crippen molar-refractivity contribution in [2.75, 3.05) is 37.6 Å². The van der Waals surface area contributed by atoms with Gasteiger partial charge in [-0.05, 0) is 54.7 Å². The maximum atomic E-state index is 12.7. The lowest BCUT2D eigenvalue weighted by Gasteiger charge is -2.35. The average Bonchev–Trinajstić information content (AvgIpc) is 3.48. The van der Waals surface area contributed by atoms with Crippen molar-refractivity contribution in [1.29, 1.82) is 0 Å². The van der Waals surface area contributed by atoms with Gasteiger partial charge in [0.05, 0.1) is 5.56 Å². The molecule has 0 atom stereocenters. The second-order valence-corrected chi connectivity index (χ2v) is 8.18. The number of rotatable bonds is 6. The standard InChI is InChI=1S/C23H27N5O/c29-23(25-15-19-2-1-9-24-14-19)20-5-6-21-7-8-22(28(21)17-20)27-12-10-26(11-13-27)16-18-3-4-18/h1-2,5-9,14,17-18H,3-4,10-13,15-16H2,(H,25,29). The number of nitrogens with zero attached hydrogens (tertiary/aromatic N) is 4. The van der Waals surface area contributed by atoms with Crippen LogP contribution >= 0.6 is 0 Å². The molecule has 2 fully saturated rings. The van der Waals surface area contributed by atoms with E-state index in [4.69, 9.17) is 0 Å². The lowest BCUT2D eigenvalue weighted by atomic mass is 10.2. The molecule has 0 radical (unpaired) electrons. The summed E-state index contributed by atoms with van der Waals surface area (Å²) < 4.78 is 2.15. The molecule has 1 aliphatic heterocycles. The highest BCUT2D eigenvalue weighted by Gasteiger charge is 2.27. The molecule has 2 aliphatic rings. The number of aromatic nitrogens is 2. The average molecular weight is 390 g/mol. The zero-order valence-electron chi connectivity index (χ0n) is 16.6. The first-order valence-corrected chi connectivity index (χ1v) is 10.5. The molecule has 150 valence electrons. The van der Waals surface area contributed by atoms with Crippen molar-refractivity contribution in [1.82, 2.24) is 19.6 Å². The van der Waals surface area contributed by atoms with Crippen molar-refractivity contribution in [2.24, 2.45) is 5.92 Å². The first-order valence-electron chi connectivity index (χ1n) is 10.5. The summed E-state index contributed by atoms with van der Waals surface area (Å²) in [6, 6.07) is 12.1. The summed E-state index contributed by atoms with van der Waals surface area (Å²) in [6.07, 6.45) is 8.29. The Labute approximate surface area is 171 Å². The lowest BCUT2D eigenvalue weighted by Crippen LogP contribution is -2.47. The number of carbonyl (C=O) groups is 1. The Morgan fingerprint density at radius 3 is 2.66 bits per heavy atom. The molecule has 5 rings (SSSR count). The van der Waals surface area contributed by atoms with E-state index in [9.17, 15) is 4.79 Å². The maximum absolute atomic E-state index is 12.7. The molecular formula is C23H27N5O. The van der Waals surface area contributed by atoms with E-state index in [1.54, 1.807) is 12.4 Å². The molecule has 3 aromatic heterocycles. The van der Waals surface area contributed by atoms with Crippen molar-refractivity contribution in [3.8, 4) is 0 Å². The molecule has 6 heteroatoms. The van der Waals surface area contributed by atoms with Gasteiger partial charge in [-0.25, -0.2) is 0 Å². The summed E-state index contributed by atoms with van der Waals surface area (Å²) in [6.45, 7) is 6.06. The van der Waals surface area contributed by atoms with E-state index < -0.39 is 0 Å². The minimum absolute atomic E-state index is 0.0651. The number of fused-ring (bicyclic) bond motifs is 1. The highest BCUT2D eigenvalue weighted by atomic mass is 16.1. The van der Waals surface area contributed by atoms with E-state index in [2.05, 4.69) is 36.6 Å². The van der Waals surface area contributed by atoms with Crippen LogP contribution in [-0.4, -0.2) is 52.9 Å². The van der Waals surface area contributed by atoms with Crippen LogP contribution in [0.5, 0.6) is 0 Å². The first kappa shape index (κ1) is 18.2. The zero-order valence-corrected chi connectivity index (χ0v) is 16.6. The maximum Gasteiger partial charge on any atom is 0.253 e. The Kier molecular flexibility index (Phi) is 4.94. The fourth-order valence-electron chi connectivity index (χ4n) is 4.09. The number of amides is 1. The molecule has 0 unspecified atom stereocenters.